The van der Waals surface area contributed by atoms with Gasteiger partial charge in [-0.15, -0.1) is 0 Å². The van der Waals surface area contributed by atoms with Crippen LogP contribution in [0.4, 0.5) is 0 Å². The van der Waals surface area contributed by atoms with Gasteiger partial charge in [-0.3, -0.25) is 0 Å². The number of aryl methyl sites for hydroxylation is 1. The van der Waals surface area contributed by atoms with Gasteiger partial charge in [-0.1, -0.05) is 6.07 Å². The van der Waals surface area contributed by atoms with Crippen LogP contribution in [0, 0.1) is 6.92 Å². The molecule has 0 saturated carbocycles. The Hall–Kier alpha value is -1.02. The summed E-state index contributed by atoms with van der Waals surface area (Å²) in [7, 11) is 0. The summed E-state index contributed by atoms with van der Waals surface area (Å²) in [5.41, 5.74) is 7.94. The first-order valence-electron chi connectivity index (χ1n) is 4.20. The highest BCUT2D eigenvalue weighted by Gasteiger charge is 1.97. The second kappa shape index (κ2) is 4.12. The topological polar surface area (TPSA) is 35.2 Å². The maximum atomic E-state index is 5.56. The molecule has 1 rings (SSSR count). The molecular weight excluding hydrogens is 150 g/mol. The molecule has 0 aromatic heterocycles. The predicted octanol–water partition coefficient (Wildman–Crippen LogP) is 1.85. The average Bonchev–Trinajstić information content (AvgIpc) is 2.09. The minimum atomic E-state index is 0.576. The van der Waals surface area contributed by atoms with E-state index in [0.717, 1.165) is 11.3 Å². The summed E-state index contributed by atoms with van der Waals surface area (Å²) < 4.78 is 5.35. The molecule has 0 atom stereocenters. The van der Waals surface area contributed by atoms with Crippen LogP contribution < -0.4 is 10.5 Å². The maximum absolute atomic E-state index is 5.56. The number of hydrogen-bond acceptors (Lipinski definition) is 2. The van der Waals surface area contributed by atoms with Gasteiger partial charge >= 0.3 is 0 Å². The molecule has 1 aromatic rings. The molecule has 66 valence electrons. The van der Waals surface area contributed by atoms with E-state index in [4.69, 9.17) is 10.5 Å². The van der Waals surface area contributed by atoms with E-state index in [-0.39, 0.29) is 0 Å². The van der Waals surface area contributed by atoms with Crippen LogP contribution in [0.3, 0.4) is 0 Å². The fourth-order valence-corrected chi connectivity index (χ4v) is 1.12. The van der Waals surface area contributed by atoms with E-state index in [9.17, 15) is 0 Å². The van der Waals surface area contributed by atoms with Crippen molar-refractivity contribution in [1.82, 2.24) is 0 Å². The quantitative estimate of drug-likeness (QED) is 0.741. The number of rotatable bonds is 3. The van der Waals surface area contributed by atoms with E-state index in [1.54, 1.807) is 0 Å². The molecule has 0 saturated heterocycles. The van der Waals surface area contributed by atoms with Crippen LogP contribution in [0.25, 0.3) is 0 Å². The molecule has 0 radical (unpaired) electrons. The molecule has 0 spiro atoms. The molecule has 2 heteroatoms. The van der Waals surface area contributed by atoms with Crippen molar-refractivity contribution >= 4 is 0 Å². The fourth-order valence-electron chi connectivity index (χ4n) is 1.12. The summed E-state index contributed by atoms with van der Waals surface area (Å²) in [4.78, 5) is 0. The van der Waals surface area contributed by atoms with Crippen LogP contribution >= 0.6 is 0 Å². The lowest BCUT2D eigenvalue weighted by molar-refractivity contribution is 0.340. The monoisotopic (exact) mass is 165 g/mol. The Bertz CT molecular complexity index is 258. The number of benzene rings is 1. The van der Waals surface area contributed by atoms with Crippen LogP contribution in [0.5, 0.6) is 5.75 Å². The van der Waals surface area contributed by atoms with Gasteiger partial charge in [0, 0.05) is 6.54 Å². The second-order valence-corrected chi connectivity index (χ2v) is 2.73. The minimum absolute atomic E-state index is 0.576. The van der Waals surface area contributed by atoms with Crippen molar-refractivity contribution in [3.8, 4) is 5.75 Å². The molecule has 0 amide bonds. The van der Waals surface area contributed by atoms with Crippen molar-refractivity contribution < 1.29 is 4.74 Å². The molecule has 0 heterocycles. The third-order valence-corrected chi connectivity index (χ3v) is 1.85. The van der Waals surface area contributed by atoms with Crippen molar-refractivity contribution in [3.05, 3.63) is 29.3 Å². The summed E-state index contributed by atoms with van der Waals surface area (Å²) in [5.74, 6) is 0.906. The van der Waals surface area contributed by atoms with Crippen molar-refractivity contribution in [2.75, 3.05) is 6.61 Å². The van der Waals surface area contributed by atoms with E-state index in [0.29, 0.717) is 13.2 Å². The third-order valence-electron chi connectivity index (χ3n) is 1.85. The van der Waals surface area contributed by atoms with Gasteiger partial charge in [0.25, 0.3) is 0 Å². The van der Waals surface area contributed by atoms with E-state index >= 15 is 0 Å². The molecule has 0 aliphatic carbocycles. The lowest BCUT2D eigenvalue weighted by Gasteiger charge is -2.06. The van der Waals surface area contributed by atoms with Gasteiger partial charge in [0.05, 0.1) is 6.61 Å². The highest BCUT2D eigenvalue weighted by Crippen LogP contribution is 2.16. The Labute approximate surface area is 73.3 Å². The van der Waals surface area contributed by atoms with Crippen LogP contribution in [-0.2, 0) is 6.54 Å². The molecular formula is C10H15NO. The highest BCUT2D eigenvalue weighted by molar-refractivity contribution is 5.34. The van der Waals surface area contributed by atoms with Crippen molar-refractivity contribution in [1.29, 1.82) is 0 Å². The fraction of sp³-hybridized carbons (Fsp3) is 0.400. The standard InChI is InChI=1S/C10H15NO/c1-3-12-10-5-4-8(2)9(6-10)7-11/h4-6H,3,7,11H2,1-2H3. The number of nitrogens with two attached hydrogens (primary N) is 1. The first-order chi connectivity index (χ1) is 5.77. The summed E-state index contributed by atoms with van der Waals surface area (Å²) in [5, 5.41) is 0. The smallest absolute Gasteiger partial charge is 0.119 e. The third kappa shape index (κ3) is 1.98. The molecule has 12 heavy (non-hydrogen) atoms. The van der Waals surface area contributed by atoms with Crippen LogP contribution in [0.2, 0.25) is 0 Å². The number of hydrogen-bond donors (Lipinski definition) is 1. The molecule has 2 nitrogen and oxygen atoms in total. The second-order valence-electron chi connectivity index (χ2n) is 2.73. The Morgan fingerprint density at radius 2 is 2.17 bits per heavy atom. The molecule has 1 aromatic carbocycles. The minimum Gasteiger partial charge on any atom is -0.494 e. The Balaban J connectivity index is 2.89. The largest absolute Gasteiger partial charge is 0.494 e. The molecule has 0 aliphatic rings. The summed E-state index contributed by atoms with van der Waals surface area (Å²) in [6, 6.07) is 6.00. The van der Waals surface area contributed by atoms with E-state index in [1.165, 1.54) is 5.56 Å². The van der Waals surface area contributed by atoms with Gasteiger partial charge < -0.3 is 10.5 Å². The molecule has 0 bridgehead atoms. The van der Waals surface area contributed by atoms with Gasteiger partial charge in [0.1, 0.15) is 5.75 Å². The Morgan fingerprint density at radius 1 is 1.42 bits per heavy atom. The summed E-state index contributed by atoms with van der Waals surface area (Å²) >= 11 is 0. The zero-order valence-corrected chi connectivity index (χ0v) is 7.63. The molecule has 2 N–H and O–H groups in total. The SMILES string of the molecule is CCOc1ccc(C)c(CN)c1. The maximum Gasteiger partial charge on any atom is 0.119 e. The van der Waals surface area contributed by atoms with Gasteiger partial charge in [-0.2, -0.15) is 0 Å². The summed E-state index contributed by atoms with van der Waals surface area (Å²) in [6.45, 7) is 5.31. The molecule has 0 fully saturated rings. The van der Waals surface area contributed by atoms with Crippen molar-refractivity contribution in [2.45, 2.75) is 20.4 Å². The van der Waals surface area contributed by atoms with E-state index in [1.807, 2.05) is 25.1 Å². The predicted molar refractivity (Wildman–Crippen MR) is 50.2 cm³/mol. The lowest BCUT2D eigenvalue weighted by Crippen LogP contribution is -2.00. The normalized spacial score (nSPS) is 9.92. The van der Waals surface area contributed by atoms with Crippen LogP contribution in [0.15, 0.2) is 18.2 Å². The van der Waals surface area contributed by atoms with E-state index in [2.05, 4.69) is 6.92 Å². The average molecular weight is 165 g/mol. The first kappa shape index (κ1) is 9.07. The van der Waals surface area contributed by atoms with Gasteiger partial charge in [-0.25, -0.2) is 0 Å². The molecule has 0 unspecified atom stereocenters. The zero-order chi connectivity index (χ0) is 8.97. The lowest BCUT2D eigenvalue weighted by atomic mass is 10.1. The van der Waals surface area contributed by atoms with Gasteiger partial charge in [-0.05, 0) is 37.1 Å². The highest BCUT2D eigenvalue weighted by atomic mass is 16.5. The molecule has 0 aliphatic heterocycles. The zero-order valence-electron chi connectivity index (χ0n) is 7.63. The van der Waals surface area contributed by atoms with Crippen molar-refractivity contribution in [3.63, 3.8) is 0 Å². The first-order valence-corrected chi connectivity index (χ1v) is 4.20. The van der Waals surface area contributed by atoms with Crippen molar-refractivity contribution in [2.24, 2.45) is 5.73 Å². The van der Waals surface area contributed by atoms with E-state index < -0.39 is 0 Å². The van der Waals surface area contributed by atoms with Crippen LogP contribution in [0.1, 0.15) is 18.1 Å². The number of ether oxygens (including phenoxy) is 1. The summed E-state index contributed by atoms with van der Waals surface area (Å²) in [6.07, 6.45) is 0. The van der Waals surface area contributed by atoms with Crippen LogP contribution in [-0.4, -0.2) is 6.61 Å². The Morgan fingerprint density at radius 3 is 2.75 bits per heavy atom. The Kier molecular flexibility index (Phi) is 3.11. The van der Waals surface area contributed by atoms with Gasteiger partial charge in [0.15, 0.2) is 0 Å². The van der Waals surface area contributed by atoms with Gasteiger partial charge in [0.2, 0.25) is 0 Å².